The number of carbonyl (C=O) groups is 1. The van der Waals surface area contributed by atoms with Gasteiger partial charge >= 0.3 is 0 Å². The summed E-state index contributed by atoms with van der Waals surface area (Å²) in [6, 6.07) is 12.0. The summed E-state index contributed by atoms with van der Waals surface area (Å²) in [7, 11) is 1.59. The van der Waals surface area contributed by atoms with Crippen LogP contribution in [0.2, 0.25) is 0 Å². The van der Waals surface area contributed by atoms with Crippen LogP contribution in [-0.4, -0.2) is 12.9 Å². The Balaban J connectivity index is 1.53. The fourth-order valence-electron chi connectivity index (χ4n) is 7.14. The van der Waals surface area contributed by atoms with Crippen molar-refractivity contribution in [3.05, 3.63) is 29.8 Å². The molecule has 0 radical (unpaired) electrons. The summed E-state index contributed by atoms with van der Waals surface area (Å²) in [6.07, 6.45) is 6.73. The van der Waals surface area contributed by atoms with Gasteiger partial charge < -0.3 is 4.74 Å². The van der Waals surface area contributed by atoms with Crippen LogP contribution in [0.3, 0.4) is 0 Å². The third kappa shape index (κ3) is 2.16. The number of ether oxygens (including phenoxy) is 1. The van der Waals surface area contributed by atoms with Crippen LogP contribution in [-0.2, 0) is 4.79 Å². The molecule has 0 aromatic heterocycles. The van der Waals surface area contributed by atoms with Gasteiger partial charge in [-0.2, -0.15) is 10.5 Å². The molecule has 5 saturated carbocycles. The van der Waals surface area contributed by atoms with Gasteiger partial charge in [0.2, 0.25) is 0 Å². The van der Waals surface area contributed by atoms with Crippen LogP contribution in [0.4, 0.5) is 0 Å². The third-order valence-corrected chi connectivity index (χ3v) is 7.89. The maximum absolute atomic E-state index is 13.8. The molecule has 5 fully saturated rings. The van der Waals surface area contributed by atoms with Crippen molar-refractivity contribution in [3.63, 3.8) is 0 Å². The average molecular weight is 360 g/mol. The molecule has 0 saturated heterocycles. The molecule has 1 aromatic rings. The van der Waals surface area contributed by atoms with Crippen LogP contribution in [0.1, 0.15) is 50.0 Å². The number of hydrogen-bond donors (Lipinski definition) is 0. The van der Waals surface area contributed by atoms with E-state index in [1.807, 2.05) is 24.3 Å². The molecular weight excluding hydrogens is 336 g/mol. The van der Waals surface area contributed by atoms with E-state index in [1.54, 1.807) is 7.11 Å². The van der Waals surface area contributed by atoms with Crippen molar-refractivity contribution in [2.75, 3.05) is 7.11 Å². The van der Waals surface area contributed by atoms with Gasteiger partial charge in [-0.3, -0.25) is 4.79 Å². The Kier molecular flexibility index (Phi) is 3.48. The van der Waals surface area contributed by atoms with Crippen molar-refractivity contribution >= 4 is 5.78 Å². The molecule has 0 aliphatic heterocycles. The molecule has 138 valence electrons. The molecular formula is C23H24N2O2. The Morgan fingerprint density at radius 3 is 2.11 bits per heavy atom. The fourth-order valence-corrected chi connectivity index (χ4v) is 7.14. The van der Waals surface area contributed by atoms with Crippen molar-refractivity contribution in [3.8, 4) is 17.9 Å². The van der Waals surface area contributed by atoms with Crippen LogP contribution in [0, 0.1) is 57.2 Å². The molecule has 0 amide bonds. The van der Waals surface area contributed by atoms with E-state index < -0.39 is 11.3 Å². The quantitative estimate of drug-likeness (QED) is 0.805. The van der Waals surface area contributed by atoms with E-state index >= 15 is 0 Å². The normalized spacial score (nSPS) is 40.0. The van der Waals surface area contributed by atoms with Gasteiger partial charge in [0.25, 0.3) is 0 Å². The van der Waals surface area contributed by atoms with E-state index in [9.17, 15) is 15.3 Å². The molecule has 2 atom stereocenters. The van der Waals surface area contributed by atoms with Gasteiger partial charge in [0.15, 0.2) is 5.41 Å². The molecule has 4 nitrogen and oxygen atoms in total. The Hall–Kier alpha value is -2.33. The predicted molar refractivity (Wildman–Crippen MR) is 98.5 cm³/mol. The Morgan fingerprint density at radius 2 is 1.59 bits per heavy atom. The molecule has 1 aromatic carbocycles. The Bertz CT molecular complexity index is 841. The zero-order valence-corrected chi connectivity index (χ0v) is 15.6. The highest BCUT2D eigenvalue weighted by molar-refractivity contribution is 5.94. The maximum Gasteiger partial charge on any atom is 0.161 e. The average Bonchev–Trinajstić information content (AvgIpc) is 3.35. The first-order valence-corrected chi connectivity index (χ1v) is 10.1. The first-order chi connectivity index (χ1) is 13.1. The number of methoxy groups -OCH3 is 1. The number of hydrogen-bond acceptors (Lipinski definition) is 4. The van der Waals surface area contributed by atoms with Crippen molar-refractivity contribution in [2.45, 2.75) is 44.4 Å². The van der Waals surface area contributed by atoms with Crippen LogP contribution in [0.15, 0.2) is 24.3 Å². The van der Waals surface area contributed by atoms with Crippen LogP contribution >= 0.6 is 0 Å². The lowest BCUT2D eigenvalue weighted by atomic mass is 9.48. The second-order valence-electron chi connectivity index (χ2n) is 9.35. The summed E-state index contributed by atoms with van der Waals surface area (Å²) in [6.45, 7) is 0. The van der Waals surface area contributed by atoms with E-state index in [-0.39, 0.29) is 17.1 Å². The molecule has 6 rings (SSSR count). The SMILES string of the molecule is COc1ccccc1[C@@H]1[C@@H](C(=O)C23CC4CC(CC(C4)C2)C3)C1(C#N)C#N. The molecule has 5 aliphatic carbocycles. The largest absolute Gasteiger partial charge is 0.496 e. The lowest BCUT2D eigenvalue weighted by molar-refractivity contribution is -0.145. The van der Waals surface area contributed by atoms with Crippen LogP contribution < -0.4 is 4.74 Å². The van der Waals surface area contributed by atoms with Gasteiger partial charge in [-0.25, -0.2) is 0 Å². The maximum atomic E-state index is 13.8. The summed E-state index contributed by atoms with van der Waals surface area (Å²) < 4.78 is 5.48. The van der Waals surface area contributed by atoms with Crippen molar-refractivity contribution in [1.29, 1.82) is 10.5 Å². The van der Waals surface area contributed by atoms with Crippen molar-refractivity contribution in [1.82, 2.24) is 0 Å². The fraction of sp³-hybridized carbons (Fsp3) is 0.609. The standard InChI is InChI=1S/C23H24N2O2/c1-27-18-5-3-2-4-17(18)19-20(23(19,12-24)13-25)21(26)22-9-14-6-15(10-22)8-16(7-14)11-22/h2-5,14-16,19-20H,6-11H2,1H3/t14?,15?,16?,19-,20+,22?/m1/s1. The van der Waals surface area contributed by atoms with E-state index in [4.69, 9.17) is 4.74 Å². The summed E-state index contributed by atoms with van der Waals surface area (Å²) in [4.78, 5) is 13.8. The minimum Gasteiger partial charge on any atom is -0.496 e. The Labute approximate surface area is 160 Å². The molecule has 27 heavy (non-hydrogen) atoms. The molecule has 0 spiro atoms. The number of nitriles is 2. The first kappa shape index (κ1) is 16.8. The van der Waals surface area contributed by atoms with Gasteiger partial charge in [-0.15, -0.1) is 0 Å². The molecule has 0 N–H and O–H groups in total. The van der Waals surface area contributed by atoms with E-state index in [0.717, 1.165) is 24.8 Å². The number of rotatable bonds is 4. The highest BCUT2D eigenvalue weighted by atomic mass is 16.5. The Morgan fingerprint density at radius 1 is 1.04 bits per heavy atom. The minimum absolute atomic E-state index is 0.195. The van der Waals surface area contributed by atoms with Gasteiger partial charge in [-0.05, 0) is 62.3 Å². The molecule has 5 aliphatic rings. The van der Waals surface area contributed by atoms with Crippen LogP contribution in [0.5, 0.6) is 5.75 Å². The molecule has 4 bridgehead atoms. The number of nitrogens with zero attached hydrogens (tertiary/aromatic N) is 2. The zero-order valence-electron chi connectivity index (χ0n) is 15.6. The summed E-state index contributed by atoms with van der Waals surface area (Å²) >= 11 is 0. The topological polar surface area (TPSA) is 73.9 Å². The smallest absolute Gasteiger partial charge is 0.161 e. The second kappa shape index (κ2) is 5.59. The monoisotopic (exact) mass is 360 g/mol. The van der Waals surface area contributed by atoms with Crippen molar-refractivity contribution < 1.29 is 9.53 Å². The van der Waals surface area contributed by atoms with E-state index in [2.05, 4.69) is 12.1 Å². The van der Waals surface area contributed by atoms with E-state index in [1.165, 1.54) is 19.3 Å². The number of carbonyl (C=O) groups excluding carboxylic acids is 1. The highest BCUT2D eigenvalue weighted by Gasteiger charge is 2.74. The number of Topliss-reactive ketones (excluding diaryl/α,β-unsaturated/α-hetero) is 1. The zero-order chi connectivity index (χ0) is 18.8. The highest BCUT2D eigenvalue weighted by Crippen LogP contribution is 2.70. The number of benzene rings is 1. The molecule has 0 heterocycles. The van der Waals surface area contributed by atoms with Crippen LogP contribution in [0.25, 0.3) is 0 Å². The van der Waals surface area contributed by atoms with Gasteiger partial charge in [0.05, 0.1) is 25.2 Å². The van der Waals surface area contributed by atoms with E-state index in [0.29, 0.717) is 23.5 Å². The number of para-hydroxylation sites is 1. The lowest BCUT2D eigenvalue weighted by Gasteiger charge is -2.56. The van der Waals surface area contributed by atoms with Gasteiger partial charge in [-0.1, -0.05) is 18.2 Å². The lowest BCUT2D eigenvalue weighted by Crippen LogP contribution is -2.50. The van der Waals surface area contributed by atoms with Gasteiger partial charge in [0.1, 0.15) is 11.5 Å². The number of ketones is 1. The summed E-state index contributed by atoms with van der Waals surface area (Å²) in [5, 5.41) is 19.8. The first-order valence-electron chi connectivity index (χ1n) is 10.1. The minimum atomic E-state index is -1.24. The summed E-state index contributed by atoms with van der Waals surface area (Å²) in [5.41, 5.74) is -0.698. The predicted octanol–water partition coefficient (Wildman–Crippen LogP) is 4.23. The summed E-state index contributed by atoms with van der Waals surface area (Å²) in [5.74, 6) is 1.98. The van der Waals surface area contributed by atoms with Crippen molar-refractivity contribution in [2.24, 2.45) is 34.5 Å². The third-order valence-electron chi connectivity index (χ3n) is 7.89. The molecule has 4 heteroatoms. The van der Waals surface area contributed by atoms with Gasteiger partial charge in [0, 0.05) is 16.9 Å². The molecule has 0 unspecified atom stereocenters. The second-order valence-corrected chi connectivity index (χ2v) is 9.35.